The predicted octanol–water partition coefficient (Wildman–Crippen LogP) is 5.06. The first-order valence-electron chi connectivity index (χ1n) is 11.5. The molecular formula is C24H35N3O. The summed E-state index contributed by atoms with van der Waals surface area (Å²) in [6.45, 7) is 7.82. The summed E-state index contributed by atoms with van der Waals surface area (Å²) in [5, 5.41) is 7.87. The first-order valence-corrected chi connectivity index (χ1v) is 11.5. The van der Waals surface area contributed by atoms with Crippen LogP contribution in [0.25, 0.3) is 0 Å². The predicted molar refractivity (Wildman–Crippen MR) is 109 cm³/mol. The van der Waals surface area contributed by atoms with E-state index in [4.69, 9.17) is 0 Å². The maximum atomic E-state index is 13.2. The van der Waals surface area contributed by atoms with Crippen molar-refractivity contribution in [2.24, 2.45) is 40.4 Å². The maximum Gasteiger partial charge on any atom is 0.157 e. The number of hydrogen-bond donors (Lipinski definition) is 0. The van der Waals surface area contributed by atoms with E-state index in [0.717, 1.165) is 30.6 Å². The molecule has 4 heteroatoms. The van der Waals surface area contributed by atoms with E-state index in [9.17, 15) is 4.79 Å². The lowest BCUT2D eigenvalue weighted by Gasteiger charge is -2.57. The van der Waals surface area contributed by atoms with Crippen LogP contribution in [0.2, 0.25) is 0 Å². The Balaban J connectivity index is 1.41. The Kier molecular flexibility index (Phi) is 4.33. The highest BCUT2D eigenvalue weighted by Gasteiger charge is 2.58. The van der Waals surface area contributed by atoms with Crippen molar-refractivity contribution in [3.63, 3.8) is 0 Å². The number of ketones is 1. The fourth-order valence-electron chi connectivity index (χ4n) is 7.86. The average molecular weight is 382 g/mol. The van der Waals surface area contributed by atoms with Crippen LogP contribution < -0.4 is 0 Å². The number of hydrogen-bond acceptors (Lipinski definition) is 3. The Bertz CT molecular complexity index is 784. The van der Waals surface area contributed by atoms with E-state index in [2.05, 4.69) is 37.2 Å². The fraction of sp³-hybridized carbons (Fsp3) is 0.792. The number of Topliss-reactive ketones (excluding diaryl/α,β-unsaturated/α-hetero) is 1. The number of aromatic nitrogens is 3. The van der Waals surface area contributed by atoms with Gasteiger partial charge in [-0.2, -0.15) is 0 Å². The number of fused-ring (bicyclic) bond motifs is 5. The molecule has 1 aromatic heterocycles. The number of nitrogens with zero attached hydrogens (tertiary/aromatic N) is 3. The van der Waals surface area contributed by atoms with Gasteiger partial charge in [-0.1, -0.05) is 37.6 Å². The van der Waals surface area contributed by atoms with Crippen LogP contribution in [0.4, 0.5) is 0 Å². The molecule has 0 aromatic carbocycles. The summed E-state index contributed by atoms with van der Waals surface area (Å²) in [6, 6.07) is 0. The molecule has 1 heterocycles. The van der Waals surface area contributed by atoms with Gasteiger partial charge in [0.15, 0.2) is 5.78 Å². The van der Waals surface area contributed by atoms with Gasteiger partial charge in [0.05, 0.1) is 6.20 Å². The smallest absolute Gasteiger partial charge is 0.157 e. The third-order valence-corrected chi connectivity index (χ3v) is 9.46. The monoisotopic (exact) mass is 381 g/mol. The van der Waals surface area contributed by atoms with Gasteiger partial charge in [-0.15, -0.1) is 5.10 Å². The molecule has 0 aliphatic heterocycles. The zero-order valence-electron chi connectivity index (χ0n) is 17.7. The highest BCUT2D eigenvalue weighted by Crippen LogP contribution is 2.65. The van der Waals surface area contributed by atoms with Gasteiger partial charge in [0.25, 0.3) is 0 Å². The standard InChI is InChI=1S/C24H35N3O/c1-16-8-10-23(2)17(14-16)4-5-18-19-6-7-21(24(19,3)11-9-20(18)23)22(28)15-27-13-12-25-26-27/h9,12-13,16-19,21H,4-8,10-11,14-15H2,1-3H3. The molecule has 7 atom stereocenters. The largest absolute Gasteiger partial charge is 0.297 e. The SMILES string of the molecule is CC1CCC2(C)C3=CCC4(C)C(C(=O)Cn5ccnn5)CCC4C3CCC2C1. The second kappa shape index (κ2) is 6.53. The van der Waals surface area contributed by atoms with Crippen molar-refractivity contribution in [2.45, 2.75) is 78.7 Å². The minimum absolute atomic E-state index is 0.136. The summed E-state index contributed by atoms with van der Waals surface area (Å²) in [7, 11) is 0. The minimum atomic E-state index is 0.136. The first kappa shape index (κ1) is 18.6. The van der Waals surface area contributed by atoms with Gasteiger partial charge in [0.1, 0.15) is 6.54 Å². The van der Waals surface area contributed by atoms with Crippen molar-refractivity contribution < 1.29 is 4.79 Å². The van der Waals surface area contributed by atoms with E-state index in [1.165, 1.54) is 38.5 Å². The van der Waals surface area contributed by atoms with Crippen LogP contribution in [0.5, 0.6) is 0 Å². The summed E-state index contributed by atoms with van der Waals surface area (Å²) >= 11 is 0. The molecule has 7 unspecified atom stereocenters. The number of carbonyl (C=O) groups excluding carboxylic acids is 1. The Hall–Kier alpha value is -1.45. The minimum Gasteiger partial charge on any atom is -0.297 e. The molecule has 4 aliphatic rings. The van der Waals surface area contributed by atoms with Gasteiger partial charge in [0.2, 0.25) is 0 Å². The molecule has 0 radical (unpaired) electrons. The van der Waals surface area contributed by atoms with E-state index in [1.807, 2.05) is 0 Å². The molecule has 3 fully saturated rings. The summed E-state index contributed by atoms with van der Waals surface area (Å²) in [5.74, 6) is 3.73. The van der Waals surface area contributed by atoms with Crippen LogP contribution >= 0.6 is 0 Å². The lowest BCUT2D eigenvalue weighted by Crippen LogP contribution is -2.48. The molecule has 152 valence electrons. The van der Waals surface area contributed by atoms with Gasteiger partial charge >= 0.3 is 0 Å². The van der Waals surface area contributed by atoms with Gasteiger partial charge in [-0.3, -0.25) is 4.79 Å². The van der Waals surface area contributed by atoms with Crippen LogP contribution in [0.15, 0.2) is 24.0 Å². The summed E-state index contributed by atoms with van der Waals surface area (Å²) in [5.41, 5.74) is 2.36. The number of rotatable bonds is 3. The molecule has 4 aliphatic carbocycles. The van der Waals surface area contributed by atoms with E-state index >= 15 is 0 Å². The van der Waals surface area contributed by atoms with Crippen LogP contribution in [0.3, 0.4) is 0 Å². The van der Waals surface area contributed by atoms with Gasteiger partial charge < -0.3 is 0 Å². The molecule has 0 bridgehead atoms. The Morgan fingerprint density at radius 3 is 2.86 bits per heavy atom. The molecule has 3 saturated carbocycles. The molecule has 0 amide bonds. The summed E-state index contributed by atoms with van der Waals surface area (Å²) < 4.78 is 1.69. The lowest BCUT2D eigenvalue weighted by atomic mass is 9.48. The molecule has 28 heavy (non-hydrogen) atoms. The van der Waals surface area contributed by atoms with E-state index in [-0.39, 0.29) is 11.3 Å². The number of carbonyl (C=O) groups is 1. The molecule has 5 rings (SSSR count). The van der Waals surface area contributed by atoms with Gasteiger partial charge in [-0.25, -0.2) is 4.68 Å². The Morgan fingerprint density at radius 2 is 2.07 bits per heavy atom. The van der Waals surface area contributed by atoms with Crippen molar-refractivity contribution in [2.75, 3.05) is 0 Å². The highest BCUT2D eigenvalue weighted by molar-refractivity contribution is 5.82. The molecule has 0 saturated heterocycles. The van der Waals surface area contributed by atoms with Crippen molar-refractivity contribution >= 4 is 5.78 Å². The average Bonchev–Trinajstić information content (AvgIpc) is 3.29. The van der Waals surface area contributed by atoms with E-state index in [0.29, 0.717) is 23.7 Å². The fourth-order valence-corrected chi connectivity index (χ4v) is 7.86. The molecule has 0 spiro atoms. The van der Waals surface area contributed by atoms with Crippen molar-refractivity contribution in [3.05, 3.63) is 24.0 Å². The van der Waals surface area contributed by atoms with E-state index in [1.54, 1.807) is 22.6 Å². The summed E-state index contributed by atoms with van der Waals surface area (Å²) in [6.07, 6.45) is 16.4. The third kappa shape index (κ3) is 2.66. The Morgan fingerprint density at radius 1 is 1.21 bits per heavy atom. The van der Waals surface area contributed by atoms with Crippen LogP contribution in [-0.2, 0) is 11.3 Å². The quantitative estimate of drug-likeness (QED) is 0.687. The van der Waals surface area contributed by atoms with Crippen LogP contribution in [0, 0.1) is 40.4 Å². The third-order valence-electron chi connectivity index (χ3n) is 9.46. The molecule has 0 N–H and O–H groups in total. The zero-order valence-corrected chi connectivity index (χ0v) is 17.7. The van der Waals surface area contributed by atoms with E-state index < -0.39 is 0 Å². The van der Waals surface area contributed by atoms with Gasteiger partial charge in [-0.05, 0) is 85.9 Å². The first-order chi connectivity index (χ1) is 13.4. The summed E-state index contributed by atoms with van der Waals surface area (Å²) in [4.78, 5) is 13.2. The van der Waals surface area contributed by atoms with Crippen molar-refractivity contribution in [3.8, 4) is 0 Å². The van der Waals surface area contributed by atoms with Crippen molar-refractivity contribution in [1.82, 2.24) is 15.0 Å². The zero-order chi connectivity index (χ0) is 19.5. The van der Waals surface area contributed by atoms with Crippen molar-refractivity contribution in [1.29, 1.82) is 0 Å². The molecular weight excluding hydrogens is 346 g/mol. The highest BCUT2D eigenvalue weighted by atomic mass is 16.1. The lowest BCUT2D eigenvalue weighted by molar-refractivity contribution is -0.127. The van der Waals surface area contributed by atoms with Crippen LogP contribution in [-0.4, -0.2) is 20.8 Å². The Labute approximate surface area is 169 Å². The molecule has 4 nitrogen and oxygen atoms in total. The topological polar surface area (TPSA) is 47.8 Å². The number of allylic oxidation sites excluding steroid dienone is 2. The second-order valence-corrected chi connectivity index (χ2v) is 10.9. The van der Waals surface area contributed by atoms with Crippen LogP contribution in [0.1, 0.15) is 72.1 Å². The molecule has 1 aromatic rings. The second-order valence-electron chi connectivity index (χ2n) is 10.9. The van der Waals surface area contributed by atoms with Gasteiger partial charge in [0, 0.05) is 12.1 Å². The normalized spacial score (nSPS) is 45.0. The maximum absolute atomic E-state index is 13.2.